The van der Waals surface area contributed by atoms with Crippen LogP contribution < -0.4 is 4.90 Å². The monoisotopic (exact) mass is 293 g/mol. The summed E-state index contributed by atoms with van der Waals surface area (Å²) < 4.78 is 1.96. The van der Waals surface area contributed by atoms with E-state index in [-0.39, 0.29) is 0 Å². The topological polar surface area (TPSA) is 36.7 Å². The van der Waals surface area contributed by atoms with Crippen molar-refractivity contribution in [3.8, 4) is 11.3 Å². The third-order valence-corrected chi connectivity index (χ3v) is 4.30. The maximum atomic E-state index is 4.53. The zero-order valence-corrected chi connectivity index (χ0v) is 12.7. The summed E-state index contributed by atoms with van der Waals surface area (Å²) in [5.74, 6) is 0. The van der Waals surface area contributed by atoms with Gasteiger partial charge in [0.05, 0.1) is 23.1 Å². The molecular weight excluding hydrogens is 274 g/mol. The summed E-state index contributed by atoms with van der Waals surface area (Å²) in [4.78, 5) is 9.19. The van der Waals surface area contributed by atoms with Gasteiger partial charge in [-0.15, -0.1) is 0 Å². The molecule has 3 aromatic heterocycles. The van der Waals surface area contributed by atoms with E-state index in [2.05, 4.69) is 45.3 Å². The summed E-state index contributed by atoms with van der Waals surface area (Å²) in [6, 6.07) is 10.2. The number of hydrogen-bond donors (Lipinski definition) is 0. The number of fused-ring (bicyclic) bond motifs is 1. The van der Waals surface area contributed by atoms with E-state index in [1.54, 1.807) is 0 Å². The van der Waals surface area contributed by atoms with Gasteiger partial charge in [-0.1, -0.05) is 6.07 Å². The quantitative estimate of drug-likeness (QED) is 0.725. The van der Waals surface area contributed by atoms with Crippen molar-refractivity contribution in [1.29, 1.82) is 0 Å². The largest absolute Gasteiger partial charge is 0.366 e. The number of anilines is 1. The van der Waals surface area contributed by atoms with Crippen LogP contribution in [0, 0.1) is 0 Å². The second kappa shape index (κ2) is 5.42. The lowest BCUT2D eigenvalue weighted by Crippen LogP contribution is -2.44. The maximum absolute atomic E-state index is 4.53. The van der Waals surface area contributed by atoms with Crippen molar-refractivity contribution in [3.05, 3.63) is 48.9 Å². The molecule has 0 radical (unpaired) electrons. The zero-order chi connectivity index (χ0) is 14.9. The highest BCUT2D eigenvalue weighted by molar-refractivity contribution is 5.75. The maximum Gasteiger partial charge on any atom is 0.0896 e. The lowest BCUT2D eigenvalue weighted by molar-refractivity contribution is 0.313. The van der Waals surface area contributed by atoms with Gasteiger partial charge in [0, 0.05) is 44.1 Å². The molecule has 112 valence electrons. The number of rotatable bonds is 2. The Morgan fingerprint density at radius 3 is 2.64 bits per heavy atom. The third kappa shape index (κ3) is 2.33. The Labute approximate surface area is 129 Å². The van der Waals surface area contributed by atoms with Crippen molar-refractivity contribution in [3.63, 3.8) is 0 Å². The lowest BCUT2D eigenvalue weighted by Gasteiger charge is -2.33. The van der Waals surface area contributed by atoms with Crippen LogP contribution in [0.5, 0.6) is 0 Å². The van der Waals surface area contributed by atoms with Crippen LogP contribution in [0.4, 0.5) is 5.69 Å². The molecule has 3 aromatic rings. The normalized spacial score (nSPS) is 16.3. The van der Waals surface area contributed by atoms with Crippen LogP contribution in [-0.4, -0.2) is 52.7 Å². The Balaban J connectivity index is 1.69. The van der Waals surface area contributed by atoms with E-state index in [4.69, 9.17) is 0 Å². The van der Waals surface area contributed by atoms with Gasteiger partial charge in [-0.05, 0) is 31.3 Å². The molecule has 4 heterocycles. The molecule has 0 atom stereocenters. The van der Waals surface area contributed by atoms with Gasteiger partial charge >= 0.3 is 0 Å². The molecule has 0 aliphatic carbocycles. The summed E-state index contributed by atoms with van der Waals surface area (Å²) in [6.07, 6.45) is 5.85. The SMILES string of the molecule is CN1CCN(c2cnn3cc(-c4ccccn4)ccc23)CC1. The Morgan fingerprint density at radius 1 is 1.00 bits per heavy atom. The second-order valence-electron chi connectivity index (χ2n) is 5.78. The minimum absolute atomic E-state index is 0.973. The molecule has 1 saturated heterocycles. The smallest absolute Gasteiger partial charge is 0.0896 e. The van der Waals surface area contributed by atoms with Gasteiger partial charge in [0.1, 0.15) is 0 Å². The van der Waals surface area contributed by atoms with Crippen LogP contribution in [0.1, 0.15) is 0 Å². The number of aromatic nitrogens is 3. The molecule has 0 spiro atoms. The average Bonchev–Trinajstić information content (AvgIpc) is 2.99. The van der Waals surface area contributed by atoms with Crippen molar-refractivity contribution < 1.29 is 0 Å². The van der Waals surface area contributed by atoms with E-state index in [0.717, 1.165) is 43.0 Å². The molecule has 1 aliphatic rings. The fourth-order valence-corrected chi connectivity index (χ4v) is 2.95. The summed E-state index contributed by atoms with van der Waals surface area (Å²) in [6.45, 7) is 4.31. The molecule has 0 N–H and O–H groups in total. The average molecular weight is 293 g/mol. The number of nitrogens with zero attached hydrogens (tertiary/aromatic N) is 5. The zero-order valence-electron chi connectivity index (χ0n) is 12.7. The van der Waals surface area contributed by atoms with Gasteiger partial charge in [-0.2, -0.15) is 5.10 Å². The van der Waals surface area contributed by atoms with E-state index >= 15 is 0 Å². The predicted octanol–water partition coefficient (Wildman–Crippen LogP) is 2.15. The third-order valence-electron chi connectivity index (χ3n) is 4.30. The molecule has 1 aliphatic heterocycles. The van der Waals surface area contributed by atoms with Crippen molar-refractivity contribution in [2.24, 2.45) is 0 Å². The molecule has 4 rings (SSSR count). The summed E-state index contributed by atoms with van der Waals surface area (Å²) in [5.41, 5.74) is 4.44. The standard InChI is InChI=1S/C17H19N5/c1-20-8-10-21(11-9-20)17-12-19-22-13-14(5-6-16(17)22)15-4-2-3-7-18-15/h2-7,12-13H,8-11H2,1H3. The van der Waals surface area contributed by atoms with Crippen molar-refractivity contribution in [1.82, 2.24) is 19.5 Å². The van der Waals surface area contributed by atoms with Crippen LogP contribution in [-0.2, 0) is 0 Å². The van der Waals surface area contributed by atoms with Crippen molar-refractivity contribution in [2.45, 2.75) is 0 Å². The first-order valence-electron chi connectivity index (χ1n) is 7.63. The lowest BCUT2D eigenvalue weighted by atomic mass is 10.2. The summed E-state index contributed by atoms with van der Waals surface area (Å²) >= 11 is 0. The van der Waals surface area contributed by atoms with Crippen LogP contribution in [0.15, 0.2) is 48.9 Å². The van der Waals surface area contributed by atoms with Gasteiger partial charge in [0.25, 0.3) is 0 Å². The fraction of sp³-hybridized carbons (Fsp3) is 0.294. The van der Waals surface area contributed by atoms with E-state index in [0.29, 0.717) is 0 Å². The molecular formula is C17H19N5. The second-order valence-corrected chi connectivity index (χ2v) is 5.78. The number of piperazine rings is 1. The molecule has 0 bridgehead atoms. The minimum Gasteiger partial charge on any atom is -0.366 e. The molecule has 0 aromatic carbocycles. The van der Waals surface area contributed by atoms with E-state index in [9.17, 15) is 0 Å². The Bertz CT molecular complexity index is 772. The number of likely N-dealkylation sites (N-methyl/N-ethyl adjacent to an activating group) is 1. The van der Waals surface area contributed by atoms with Gasteiger partial charge in [0.2, 0.25) is 0 Å². The highest BCUT2D eigenvalue weighted by atomic mass is 15.3. The van der Waals surface area contributed by atoms with Gasteiger partial charge in [-0.25, -0.2) is 4.52 Å². The Morgan fingerprint density at radius 2 is 1.86 bits per heavy atom. The summed E-state index contributed by atoms with van der Waals surface area (Å²) in [7, 11) is 2.17. The van der Waals surface area contributed by atoms with Gasteiger partial charge in [-0.3, -0.25) is 4.98 Å². The summed E-state index contributed by atoms with van der Waals surface area (Å²) in [5, 5.41) is 4.53. The van der Waals surface area contributed by atoms with Crippen LogP contribution in [0.25, 0.3) is 16.8 Å². The first kappa shape index (κ1) is 13.3. The molecule has 0 amide bonds. The molecule has 22 heavy (non-hydrogen) atoms. The highest BCUT2D eigenvalue weighted by Gasteiger charge is 2.17. The Kier molecular flexibility index (Phi) is 3.27. The number of hydrogen-bond acceptors (Lipinski definition) is 4. The predicted molar refractivity (Wildman–Crippen MR) is 88.1 cm³/mol. The van der Waals surface area contributed by atoms with Crippen molar-refractivity contribution in [2.75, 3.05) is 38.1 Å². The van der Waals surface area contributed by atoms with E-state index < -0.39 is 0 Å². The number of pyridine rings is 2. The molecule has 0 unspecified atom stereocenters. The van der Waals surface area contributed by atoms with Crippen LogP contribution in [0.3, 0.4) is 0 Å². The fourth-order valence-electron chi connectivity index (χ4n) is 2.95. The first-order chi connectivity index (χ1) is 10.8. The van der Waals surface area contributed by atoms with Crippen LogP contribution >= 0.6 is 0 Å². The molecule has 1 fully saturated rings. The molecule has 5 nitrogen and oxygen atoms in total. The first-order valence-corrected chi connectivity index (χ1v) is 7.63. The Hall–Kier alpha value is -2.40. The van der Waals surface area contributed by atoms with E-state index in [1.165, 1.54) is 5.69 Å². The minimum atomic E-state index is 0.973. The van der Waals surface area contributed by atoms with E-state index in [1.807, 2.05) is 35.1 Å². The van der Waals surface area contributed by atoms with Gasteiger partial charge in [0.15, 0.2) is 0 Å². The van der Waals surface area contributed by atoms with Crippen LogP contribution in [0.2, 0.25) is 0 Å². The molecule has 0 saturated carbocycles. The van der Waals surface area contributed by atoms with Gasteiger partial charge < -0.3 is 9.80 Å². The van der Waals surface area contributed by atoms with Crippen molar-refractivity contribution >= 4 is 11.2 Å². The molecule has 5 heteroatoms. The highest BCUT2D eigenvalue weighted by Crippen LogP contribution is 2.25.